The Morgan fingerprint density at radius 3 is 2.84 bits per heavy atom. The van der Waals surface area contributed by atoms with Crippen LogP contribution in [0, 0.1) is 0 Å². The van der Waals surface area contributed by atoms with Crippen LogP contribution in [0.15, 0.2) is 34.4 Å². The maximum Gasteiger partial charge on any atom is 0.272 e. The van der Waals surface area contributed by atoms with Crippen molar-refractivity contribution in [2.24, 2.45) is 0 Å². The molecule has 1 saturated heterocycles. The third-order valence-corrected chi connectivity index (χ3v) is 6.57. The van der Waals surface area contributed by atoms with Gasteiger partial charge in [-0.1, -0.05) is 6.07 Å². The minimum Gasteiger partial charge on any atom is -0.454 e. The molecule has 0 radical (unpaired) electrons. The fourth-order valence-electron chi connectivity index (χ4n) is 4.02. The average molecular weight is 441 g/mol. The Morgan fingerprint density at radius 1 is 1.13 bits per heavy atom. The number of carbonyl (C=O) groups excluding carboxylic acids is 1. The summed E-state index contributed by atoms with van der Waals surface area (Å²) in [6.45, 7) is 2.70. The van der Waals surface area contributed by atoms with Crippen LogP contribution in [0.1, 0.15) is 31.2 Å². The normalized spacial score (nSPS) is 15.4. The predicted octanol–water partition coefficient (Wildman–Crippen LogP) is 2.88. The first-order valence-electron chi connectivity index (χ1n) is 10.6. The minimum absolute atomic E-state index is 0.0656. The van der Waals surface area contributed by atoms with E-state index < -0.39 is 0 Å². The SMILES string of the molecule is O=C(CCn1c(N2CCCCC2)nc2ccsc2c1=O)NCc1ccc2c(c1)OCO2. The van der Waals surface area contributed by atoms with Gasteiger partial charge in [-0.3, -0.25) is 14.2 Å². The molecular formula is C22H24N4O4S. The second kappa shape index (κ2) is 8.58. The minimum atomic E-state index is -0.111. The van der Waals surface area contributed by atoms with E-state index >= 15 is 0 Å². The Balaban J connectivity index is 1.28. The van der Waals surface area contributed by atoms with Crippen molar-refractivity contribution in [1.82, 2.24) is 14.9 Å². The Hall–Kier alpha value is -3.07. The highest BCUT2D eigenvalue weighted by molar-refractivity contribution is 7.17. The molecular weight excluding hydrogens is 416 g/mol. The van der Waals surface area contributed by atoms with Gasteiger partial charge in [0, 0.05) is 32.6 Å². The van der Waals surface area contributed by atoms with Gasteiger partial charge in [0.1, 0.15) is 4.70 Å². The zero-order valence-corrected chi connectivity index (χ0v) is 18.0. The third kappa shape index (κ3) is 4.10. The fourth-order valence-corrected chi connectivity index (χ4v) is 4.80. The molecule has 9 heteroatoms. The van der Waals surface area contributed by atoms with E-state index in [1.807, 2.05) is 29.6 Å². The number of ether oxygens (including phenoxy) is 2. The number of thiophene rings is 1. The lowest BCUT2D eigenvalue weighted by Gasteiger charge is -2.29. The molecule has 2 aromatic heterocycles. The lowest BCUT2D eigenvalue weighted by atomic mass is 10.1. The van der Waals surface area contributed by atoms with Gasteiger partial charge >= 0.3 is 0 Å². The van der Waals surface area contributed by atoms with Crippen molar-refractivity contribution < 1.29 is 14.3 Å². The van der Waals surface area contributed by atoms with Crippen LogP contribution in [0.4, 0.5) is 5.95 Å². The van der Waals surface area contributed by atoms with Crippen molar-refractivity contribution >= 4 is 33.4 Å². The summed E-state index contributed by atoms with van der Waals surface area (Å²) < 4.78 is 13.0. The van der Waals surface area contributed by atoms with Crippen LogP contribution in [0.5, 0.6) is 11.5 Å². The summed E-state index contributed by atoms with van der Waals surface area (Å²) in [5.74, 6) is 1.98. The smallest absolute Gasteiger partial charge is 0.272 e. The Kier molecular flexibility index (Phi) is 5.50. The zero-order chi connectivity index (χ0) is 21.2. The van der Waals surface area contributed by atoms with E-state index in [0.29, 0.717) is 29.5 Å². The Bertz CT molecular complexity index is 1170. The number of hydrogen-bond acceptors (Lipinski definition) is 7. The van der Waals surface area contributed by atoms with Crippen molar-refractivity contribution in [2.75, 3.05) is 24.8 Å². The molecule has 0 saturated carbocycles. The third-order valence-electron chi connectivity index (χ3n) is 5.67. The van der Waals surface area contributed by atoms with Gasteiger partial charge in [0.05, 0.1) is 5.52 Å². The Morgan fingerprint density at radius 2 is 1.97 bits per heavy atom. The lowest BCUT2D eigenvalue weighted by molar-refractivity contribution is -0.121. The number of piperidine rings is 1. The van der Waals surface area contributed by atoms with Crippen molar-refractivity contribution in [1.29, 1.82) is 0 Å². The van der Waals surface area contributed by atoms with Crippen LogP contribution in [-0.4, -0.2) is 35.3 Å². The summed E-state index contributed by atoms with van der Waals surface area (Å²) >= 11 is 1.40. The van der Waals surface area contributed by atoms with E-state index in [2.05, 4.69) is 10.2 Å². The first-order valence-corrected chi connectivity index (χ1v) is 11.5. The van der Waals surface area contributed by atoms with Gasteiger partial charge in [-0.25, -0.2) is 4.98 Å². The van der Waals surface area contributed by atoms with Crippen LogP contribution in [-0.2, 0) is 17.9 Å². The molecule has 162 valence electrons. The molecule has 31 heavy (non-hydrogen) atoms. The number of rotatable bonds is 6. The van der Waals surface area contributed by atoms with E-state index in [-0.39, 0.29) is 24.7 Å². The number of nitrogens with zero attached hydrogens (tertiary/aromatic N) is 3. The molecule has 3 aromatic rings. The fraction of sp³-hybridized carbons (Fsp3) is 0.409. The maximum atomic E-state index is 13.1. The first-order chi connectivity index (χ1) is 15.2. The van der Waals surface area contributed by atoms with Crippen LogP contribution in [0.3, 0.4) is 0 Å². The van der Waals surface area contributed by atoms with Gasteiger partial charge in [-0.05, 0) is 48.4 Å². The van der Waals surface area contributed by atoms with E-state index in [4.69, 9.17) is 14.5 Å². The quantitative estimate of drug-likeness (QED) is 0.634. The van der Waals surface area contributed by atoms with Gasteiger partial charge in [-0.2, -0.15) is 0 Å². The molecule has 1 amide bonds. The standard InChI is InChI=1S/C22H24N4O4S/c27-19(23-13-15-4-5-17-18(12-15)30-14-29-17)6-10-26-21(28)20-16(7-11-31-20)24-22(26)25-8-2-1-3-9-25/h4-5,7,11-12H,1-3,6,8-10,13-14H2,(H,23,27). The molecule has 0 atom stereocenters. The number of nitrogens with one attached hydrogen (secondary N) is 1. The maximum absolute atomic E-state index is 13.1. The summed E-state index contributed by atoms with van der Waals surface area (Å²) in [4.78, 5) is 32.6. The van der Waals surface area contributed by atoms with Gasteiger partial charge < -0.3 is 19.7 Å². The molecule has 5 rings (SSSR count). The molecule has 1 N–H and O–H groups in total. The summed E-state index contributed by atoms with van der Waals surface area (Å²) in [6.07, 6.45) is 3.59. The first kappa shape index (κ1) is 19.9. The molecule has 0 aliphatic carbocycles. The zero-order valence-electron chi connectivity index (χ0n) is 17.1. The molecule has 2 aliphatic rings. The number of fused-ring (bicyclic) bond motifs is 2. The van der Waals surface area contributed by atoms with Crippen LogP contribution in [0.25, 0.3) is 10.2 Å². The highest BCUT2D eigenvalue weighted by Crippen LogP contribution is 2.32. The highest BCUT2D eigenvalue weighted by atomic mass is 32.1. The monoisotopic (exact) mass is 440 g/mol. The molecule has 1 aromatic carbocycles. The number of hydrogen-bond donors (Lipinski definition) is 1. The molecule has 0 unspecified atom stereocenters. The van der Waals surface area contributed by atoms with Crippen molar-refractivity contribution in [3.8, 4) is 11.5 Å². The van der Waals surface area contributed by atoms with Crippen molar-refractivity contribution in [3.05, 3.63) is 45.6 Å². The molecule has 8 nitrogen and oxygen atoms in total. The van der Waals surface area contributed by atoms with Gasteiger partial charge in [-0.15, -0.1) is 11.3 Å². The molecule has 2 aliphatic heterocycles. The van der Waals surface area contributed by atoms with Crippen LogP contribution < -0.4 is 25.2 Å². The summed E-state index contributed by atoms with van der Waals surface area (Å²) in [5.41, 5.74) is 1.61. The number of anilines is 1. The second-order valence-corrected chi connectivity index (χ2v) is 8.68. The number of carbonyl (C=O) groups is 1. The highest BCUT2D eigenvalue weighted by Gasteiger charge is 2.20. The van der Waals surface area contributed by atoms with E-state index in [9.17, 15) is 9.59 Å². The van der Waals surface area contributed by atoms with Crippen LogP contribution >= 0.6 is 11.3 Å². The average Bonchev–Trinajstić information content (AvgIpc) is 3.46. The molecule has 1 fully saturated rings. The topological polar surface area (TPSA) is 85.7 Å². The molecule has 0 bridgehead atoms. The number of aromatic nitrogens is 2. The summed E-state index contributed by atoms with van der Waals surface area (Å²) in [7, 11) is 0. The van der Waals surface area contributed by atoms with Gasteiger partial charge in [0.15, 0.2) is 11.5 Å². The van der Waals surface area contributed by atoms with Gasteiger partial charge in [0.2, 0.25) is 18.6 Å². The van der Waals surface area contributed by atoms with E-state index in [0.717, 1.165) is 42.8 Å². The molecule has 4 heterocycles. The van der Waals surface area contributed by atoms with E-state index in [1.165, 1.54) is 17.8 Å². The van der Waals surface area contributed by atoms with Crippen molar-refractivity contribution in [2.45, 2.75) is 38.8 Å². The van der Waals surface area contributed by atoms with Gasteiger partial charge in [0.25, 0.3) is 5.56 Å². The van der Waals surface area contributed by atoms with Crippen LogP contribution in [0.2, 0.25) is 0 Å². The number of amides is 1. The van der Waals surface area contributed by atoms with E-state index in [1.54, 1.807) is 4.57 Å². The van der Waals surface area contributed by atoms with Crippen molar-refractivity contribution in [3.63, 3.8) is 0 Å². The summed E-state index contributed by atoms with van der Waals surface area (Å²) in [5, 5.41) is 4.82. The Labute approximate surface area is 183 Å². The largest absolute Gasteiger partial charge is 0.454 e. The lowest BCUT2D eigenvalue weighted by Crippen LogP contribution is -2.37. The summed E-state index contributed by atoms with van der Waals surface area (Å²) in [6, 6.07) is 7.51. The molecule has 0 spiro atoms. The second-order valence-electron chi connectivity index (χ2n) is 7.77. The predicted molar refractivity (Wildman–Crippen MR) is 119 cm³/mol. The number of benzene rings is 1.